The van der Waals surface area contributed by atoms with Crippen molar-refractivity contribution in [3.63, 3.8) is 0 Å². The fourth-order valence-corrected chi connectivity index (χ4v) is 3.27. The molecule has 3 atom stereocenters. The summed E-state index contributed by atoms with van der Waals surface area (Å²) in [6.07, 6.45) is 0.435. The first kappa shape index (κ1) is 16.8. The first-order chi connectivity index (χ1) is 11.5. The molecule has 0 amide bonds. The number of benzene rings is 2. The Hall–Kier alpha value is -2.04. The number of hydrogen-bond donors (Lipinski definition) is 1. The van der Waals surface area contributed by atoms with Gasteiger partial charge in [-0.15, -0.1) is 0 Å². The smallest absolute Gasteiger partial charge is 0.191 e. The third-order valence-corrected chi connectivity index (χ3v) is 4.63. The van der Waals surface area contributed by atoms with Crippen LogP contribution in [0, 0.1) is 5.82 Å². The predicted molar refractivity (Wildman–Crippen MR) is 89.3 cm³/mol. The normalized spacial score (nSPS) is 27.0. The monoisotopic (exact) mass is 328 g/mol. The van der Waals surface area contributed by atoms with E-state index in [4.69, 9.17) is 4.74 Å². The van der Waals surface area contributed by atoms with Crippen molar-refractivity contribution in [2.75, 3.05) is 0 Å². The molecule has 1 N–H and O–H groups in total. The molecule has 126 valence electrons. The molecule has 4 heteroatoms. The minimum Gasteiger partial charge on any atom is -0.385 e. The van der Waals surface area contributed by atoms with Crippen molar-refractivity contribution in [2.24, 2.45) is 0 Å². The van der Waals surface area contributed by atoms with Gasteiger partial charge in [0.1, 0.15) is 11.9 Å². The van der Waals surface area contributed by atoms with Crippen LogP contribution in [-0.2, 0) is 10.3 Å². The van der Waals surface area contributed by atoms with Gasteiger partial charge in [0, 0.05) is 18.4 Å². The van der Waals surface area contributed by atoms with E-state index in [1.54, 1.807) is 0 Å². The number of carbonyl (C=O) groups excluding carboxylic acids is 1. The Morgan fingerprint density at radius 3 is 2.46 bits per heavy atom. The largest absolute Gasteiger partial charge is 0.385 e. The van der Waals surface area contributed by atoms with E-state index >= 15 is 0 Å². The van der Waals surface area contributed by atoms with E-state index in [9.17, 15) is 14.3 Å². The van der Waals surface area contributed by atoms with Gasteiger partial charge in [-0.25, -0.2) is 4.39 Å². The minimum absolute atomic E-state index is 0.196. The number of hydrogen-bond acceptors (Lipinski definition) is 3. The molecule has 0 aromatic heterocycles. The fourth-order valence-electron chi connectivity index (χ4n) is 3.27. The summed E-state index contributed by atoms with van der Waals surface area (Å²) in [6.45, 7) is 1.97. The van der Waals surface area contributed by atoms with Gasteiger partial charge in [0.05, 0.1) is 11.7 Å². The quantitative estimate of drug-likeness (QED) is 0.867. The molecule has 24 heavy (non-hydrogen) atoms. The van der Waals surface area contributed by atoms with Gasteiger partial charge in [0.15, 0.2) is 5.78 Å². The third-order valence-electron chi connectivity index (χ3n) is 4.63. The van der Waals surface area contributed by atoms with Gasteiger partial charge in [-0.3, -0.25) is 4.79 Å². The molecular weight excluding hydrogens is 307 g/mol. The van der Waals surface area contributed by atoms with E-state index in [0.29, 0.717) is 18.4 Å². The number of ether oxygens (including phenoxy) is 1. The number of Topliss-reactive ketones (excluding diaryl/α,β-unsaturated/α-hetero) is 1. The Labute approximate surface area is 141 Å². The van der Waals surface area contributed by atoms with Crippen molar-refractivity contribution in [1.29, 1.82) is 0 Å². The molecule has 1 heterocycles. The zero-order valence-electron chi connectivity index (χ0n) is 13.6. The number of halogens is 1. The summed E-state index contributed by atoms with van der Waals surface area (Å²) < 4.78 is 19.0. The van der Waals surface area contributed by atoms with Crippen LogP contribution >= 0.6 is 0 Å². The lowest BCUT2D eigenvalue weighted by Gasteiger charge is -2.41. The highest BCUT2D eigenvalue weighted by molar-refractivity contribution is 5.99. The van der Waals surface area contributed by atoms with Crippen LogP contribution in [-0.4, -0.2) is 23.1 Å². The fraction of sp³-hybridized carbons (Fsp3) is 0.350. The summed E-state index contributed by atoms with van der Waals surface area (Å²) in [5.74, 6) is -0.606. The molecule has 0 bridgehead atoms. The van der Waals surface area contributed by atoms with Crippen LogP contribution in [0.25, 0.3) is 0 Å². The Morgan fingerprint density at radius 1 is 1.17 bits per heavy atom. The summed E-state index contributed by atoms with van der Waals surface area (Å²) in [5, 5.41) is 11.2. The first-order valence-corrected chi connectivity index (χ1v) is 8.25. The Bertz CT molecular complexity index is 699. The molecular formula is C20H21FO3. The second-order valence-electron chi connectivity index (χ2n) is 6.33. The van der Waals surface area contributed by atoms with Crippen molar-refractivity contribution in [2.45, 2.75) is 44.0 Å². The lowest BCUT2D eigenvalue weighted by molar-refractivity contribution is -0.134. The molecule has 1 aliphatic heterocycles. The average molecular weight is 328 g/mol. The topological polar surface area (TPSA) is 46.5 Å². The van der Waals surface area contributed by atoms with Crippen molar-refractivity contribution in [3.05, 3.63) is 71.5 Å². The van der Waals surface area contributed by atoms with Crippen LogP contribution in [0.1, 0.15) is 42.1 Å². The van der Waals surface area contributed by atoms with Crippen molar-refractivity contribution in [3.8, 4) is 0 Å². The Kier molecular flexibility index (Phi) is 4.78. The van der Waals surface area contributed by atoms with Crippen LogP contribution < -0.4 is 0 Å². The molecule has 1 fully saturated rings. The van der Waals surface area contributed by atoms with E-state index in [1.165, 1.54) is 24.3 Å². The maximum absolute atomic E-state index is 13.1. The predicted octanol–water partition coefficient (Wildman–Crippen LogP) is 3.85. The van der Waals surface area contributed by atoms with Crippen molar-refractivity contribution >= 4 is 5.78 Å². The van der Waals surface area contributed by atoms with Gasteiger partial charge in [-0.1, -0.05) is 37.3 Å². The van der Waals surface area contributed by atoms with Gasteiger partial charge in [-0.05, 0) is 36.2 Å². The molecule has 0 spiro atoms. The molecule has 0 radical (unpaired) electrons. The van der Waals surface area contributed by atoms with E-state index < -0.39 is 11.7 Å². The van der Waals surface area contributed by atoms with Gasteiger partial charge < -0.3 is 9.84 Å². The van der Waals surface area contributed by atoms with E-state index in [2.05, 4.69) is 0 Å². The standard InChI is InChI=1S/C20H21FO3/c1-2-17-12-20(23,15-6-4-3-5-7-15)13-18(24-17)19(22)14-8-10-16(21)11-9-14/h3-11,17-18,23H,2,12-13H2,1H3/t17-,18-,20-/m0/s1. The van der Waals surface area contributed by atoms with Crippen LogP contribution in [0.5, 0.6) is 0 Å². The number of aliphatic hydroxyl groups is 1. The number of ketones is 1. The van der Waals surface area contributed by atoms with E-state index in [0.717, 1.165) is 5.56 Å². The molecule has 3 rings (SSSR count). The van der Waals surface area contributed by atoms with Gasteiger partial charge in [0.25, 0.3) is 0 Å². The SMILES string of the molecule is CC[C@H]1C[C@@](O)(c2ccccc2)C[C@@H](C(=O)c2ccc(F)cc2)O1. The highest BCUT2D eigenvalue weighted by Gasteiger charge is 2.43. The van der Waals surface area contributed by atoms with Gasteiger partial charge in [-0.2, -0.15) is 0 Å². The molecule has 1 saturated heterocycles. The Balaban J connectivity index is 1.88. The minimum atomic E-state index is -1.10. The zero-order valence-corrected chi connectivity index (χ0v) is 13.6. The first-order valence-electron chi connectivity index (χ1n) is 8.25. The highest BCUT2D eigenvalue weighted by Crippen LogP contribution is 2.39. The molecule has 0 saturated carbocycles. The second-order valence-corrected chi connectivity index (χ2v) is 6.33. The van der Waals surface area contributed by atoms with E-state index in [-0.39, 0.29) is 24.1 Å². The summed E-state index contributed by atoms with van der Waals surface area (Å²) in [7, 11) is 0. The summed E-state index contributed by atoms with van der Waals surface area (Å²) >= 11 is 0. The molecule has 0 unspecified atom stereocenters. The third kappa shape index (κ3) is 3.40. The Morgan fingerprint density at radius 2 is 1.83 bits per heavy atom. The van der Waals surface area contributed by atoms with Gasteiger partial charge in [0.2, 0.25) is 0 Å². The van der Waals surface area contributed by atoms with Crippen LogP contribution in [0.15, 0.2) is 54.6 Å². The van der Waals surface area contributed by atoms with Crippen LogP contribution in [0.2, 0.25) is 0 Å². The lowest BCUT2D eigenvalue weighted by atomic mass is 9.79. The number of rotatable bonds is 4. The molecule has 2 aromatic carbocycles. The summed E-state index contributed by atoms with van der Waals surface area (Å²) in [4.78, 5) is 12.7. The average Bonchev–Trinajstić information content (AvgIpc) is 2.62. The lowest BCUT2D eigenvalue weighted by Crippen LogP contribution is -2.46. The second kappa shape index (κ2) is 6.83. The zero-order chi connectivity index (χ0) is 17.2. The van der Waals surface area contributed by atoms with Crippen LogP contribution in [0.3, 0.4) is 0 Å². The maximum atomic E-state index is 13.1. The molecule has 0 aliphatic carbocycles. The molecule has 3 nitrogen and oxygen atoms in total. The summed E-state index contributed by atoms with van der Waals surface area (Å²) in [6, 6.07) is 14.8. The van der Waals surface area contributed by atoms with Gasteiger partial charge >= 0.3 is 0 Å². The summed E-state index contributed by atoms with van der Waals surface area (Å²) in [5.41, 5.74) is 0.0952. The van der Waals surface area contributed by atoms with Crippen molar-refractivity contribution in [1.82, 2.24) is 0 Å². The maximum Gasteiger partial charge on any atom is 0.191 e. The van der Waals surface area contributed by atoms with E-state index in [1.807, 2.05) is 37.3 Å². The van der Waals surface area contributed by atoms with Crippen LogP contribution in [0.4, 0.5) is 4.39 Å². The number of carbonyl (C=O) groups is 1. The molecule has 1 aliphatic rings. The van der Waals surface area contributed by atoms with Crippen molar-refractivity contribution < 1.29 is 19.0 Å². The highest BCUT2D eigenvalue weighted by atomic mass is 19.1. The molecule has 2 aromatic rings.